The predicted molar refractivity (Wildman–Crippen MR) is 74.5 cm³/mol. The zero-order chi connectivity index (χ0) is 14.4. The van der Waals surface area contributed by atoms with Gasteiger partial charge in [0.1, 0.15) is 12.0 Å². The molecule has 0 aliphatic heterocycles. The molecule has 0 bridgehead atoms. The van der Waals surface area contributed by atoms with Gasteiger partial charge < -0.3 is 10.4 Å². The van der Waals surface area contributed by atoms with Crippen LogP contribution in [0.15, 0.2) is 12.3 Å². The van der Waals surface area contributed by atoms with Crippen molar-refractivity contribution in [1.29, 1.82) is 0 Å². The average Bonchev–Trinajstić information content (AvgIpc) is 2.39. The molecule has 0 radical (unpaired) electrons. The molecule has 0 amide bonds. The van der Waals surface area contributed by atoms with E-state index in [0.717, 1.165) is 12.8 Å². The van der Waals surface area contributed by atoms with E-state index < -0.39 is 4.92 Å². The summed E-state index contributed by atoms with van der Waals surface area (Å²) in [6.45, 7) is 4.09. The van der Waals surface area contributed by atoms with E-state index in [9.17, 15) is 10.1 Å². The van der Waals surface area contributed by atoms with Gasteiger partial charge in [-0.2, -0.15) is 0 Å². The van der Waals surface area contributed by atoms with Crippen LogP contribution in [0.5, 0.6) is 0 Å². The third-order valence-corrected chi connectivity index (χ3v) is 3.16. The maximum atomic E-state index is 10.6. The van der Waals surface area contributed by atoms with Crippen LogP contribution < -0.4 is 5.32 Å². The molecule has 0 aliphatic rings. The van der Waals surface area contributed by atoms with Crippen LogP contribution in [0.25, 0.3) is 0 Å². The smallest absolute Gasteiger partial charge is 0.289 e. The molecule has 0 saturated carbocycles. The molecule has 0 saturated heterocycles. The second kappa shape index (κ2) is 7.25. The van der Waals surface area contributed by atoms with E-state index >= 15 is 0 Å². The van der Waals surface area contributed by atoms with Crippen molar-refractivity contribution >= 4 is 23.1 Å². The minimum absolute atomic E-state index is 0.119. The highest BCUT2D eigenvalue weighted by atomic mass is 35.5. The highest BCUT2D eigenvalue weighted by Crippen LogP contribution is 2.25. The molecular formula is C12H18ClN3O3. The summed E-state index contributed by atoms with van der Waals surface area (Å²) in [5.41, 5.74) is -0.132. The molecule has 1 aromatic heterocycles. The van der Waals surface area contributed by atoms with Gasteiger partial charge in [0, 0.05) is 18.7 Å². The van der Waals surface area contributed by atoms with Crippen LogP contribution in [0, 0.1) is 16.0 Å². The van der Waals surface area contributed by atoms with Crippen LogP contribution in [0.1, 0.15) is 26.7 Å². The predicted octanol–water partition coefficient (Wildman–Crippen LogP) is 2.85. The number of halogens is 1. The minimum atomic E-state index is -0.534. The van der Waals surface area contributed by atoms with Crippen molar-refractivity contribution in [1.82, 2.24) is 4.98 Å². The van der Waals surface area contributed by atoms with E-state index in [4.69, 9.17) is 16.7 Å². The van der Waals surface area contributed by atoms with Gasteiger partial charge in [-0.3, -0.25) is 10.1 Å². The van der Waals surface area contributed by atoms with Gasteiger partial charge in [0.25, 0.3) is 5.69 Å². The van der Waals surface area contributed by atoms with Crippen LogP contribution in [-0.2, 0) is 0 Å². The van der Waals surface area contributed by atoms with Crippen molar-refractivity contribution in [3.05, 3.63) is 27.4 Å². The molecule has 0 aliphatic carbocycles. The first kappa shape index (κ1) is 15.7. The van der Waals surface area contributed by atoms with Gasteiger partial charge in [-0.1, -0.05) is 25.4 Å². The monoisotopic (exact) mass is 287 g/mol. The fourth-order valence-corrected chi connectivity index (χ4v) is 1.93. The number of rotatable bonds is 7. The Morgan fingerprint density at radius 2 is 2.32 bits per heavy atom. The Morgan fingerprint density at radius 3 is 2.79 bits per heavy atom. The summed E-state index contributed by atoms with van der Waals surface area (Å²) < 4.78 is 0. The Balaban J connectivity index is 2.77. The number of nitrogens with zero attached hydrogens (tertiary/aromatic N) is 2. The van der Waals surface area contributed by atoms with E-state index in [0.29, 0.717) is 5.82 Å². The first-order valence-corrected chi connectivity index (χ1v) is 6.53. The van der Waals surface area contributed by atoms with Crippen molar-refractivity contribution in [2.24, 2.45) is 5.92 Å². The molecule has 1 rings (SSSR count). The minimum Gasteiger partial charge on any atom is -0.396 e. The second-order valence-corrected chi connectivity index (χ2v) is 4.96. The fraction of sp³-hybridized carbons (Fsp3) is 0.583. The van der Waals surface area contributed by atoms with Crippen molar-refractivity contribution in [3.63, 3.8) is 0 Å². The standard InChI is InChI=1S/C12H18ClN3O3/c1-3-9(4-8(2)7-17)15-12-11(13)5-10(6-14-12)16(18)19/h5-6,8-9,17H,3-4,7H2,1-2H3,(H,14,15)/t8-,9+/m1/s1. The summed E-state index contributed by atoms with van der Waals surface area (Å²) in [7, 11) is 0. The van der Waals surface area contributed by atoms with Crippen LogP contribution >= 0.6 is 11.6 Å². The summed E-state index contributed by atoms with van der Waals surface area (Å²) in [4.78, 5) is 14.0. The summed E-state index contributed by atoms with van der Waals surface area (Å²) in [6.07, 6.45) is 2.80. The third kappa shape index (κ3) is 4.65. The topological polar surface area (TPSA) is 88.3 Å². The van der Waals surface area contributed by atoms with Crippen LogP contribution in [0.2, 0.25) is 5.02 Å². The molecule has 2 N–H and O–H groups in total. The molecule has 0 spiro atoms. The van der Waals surface area contributed by atoms with E-state index in [-0.39, 0.29) is 29.3 Å². The maximum Gasteiger partial charge on any atom is 0.289 e. The Bertz CT molecular complexity index is 442. The molecule has 106 valence electrons. The van der Waals surface area contributed by atoms with Gasteiger partial charge in [0.15, 0.2) is 0 Å². The largest absolute Gasteiger partial charge is 0.396 e. The zero-order valence-corrected chi connectivity index (χ0v) is 11.7. The number of nitro groups is 1. The molecule has 0 unspecified atom stereocenters. The SMILES string of the molecule is CC[C@@H](C[C@@H](C)CO)Nc1ncc([N+](=O)[O-])cc1Cl. The number of nitrogens with one attached hydrogen (secondary N) is 1. The van der Waals surface area contributed by atoms with Crippen molar-refractivity contribution in [3.8, 4) is 0 Å². The lowest BCUT2D eigenvalue weighted by molar-refractivity contribution is -0.385. The molecule has 1 heterocycles. The molecule has 0 aromatic carbocycles. The van der Waals surface area contributed by atoms with Crippen molar-refractivity contribution in [2.75, 3.05) is 11.9 Å². The van der Waals surface area contributed by atoms with Crippen molar-refractivity contribution in [2.45, 2.75) is 32.7 Å². The second-order valence-electron chi connectivity index (χ2n) is 4.55. The number of hydrogen-bond acceptors (Lipinski definition) is 5. The zero-order valence-electron chi connectivity index (χ0n) is 11.0. The highest BCUT2D eigenvalue weighted by molar-refractivity contribution is 6.33. The Morgan fingerprint density at radius 1 is 1.63 bits per heavy atom. The highest BCUT2D eigenvalue weighted by Gasteiger charge is 2.15. The lowest BCUT2D eigenvalue weighted by atomic mass is 10.0. The molecule has 19 heavy (non-hydrogen) atoms. The molecule has 2 atom stereocenters. The maximum absolute atomic E-state index is 10.6. The normalized spacial score (nSPS) is 13.9. The van der Waals surface area contributed by atoms with Gasteiger partial charge in [0.05, 0.1) is 9.95 Å². The summed E-state index contributed by atoms with van der Waals surface area (Å²) in [5, 5.41) is 23.0. The number of aliphatic hydroxyl groups is 1. The molecule has 7 heteroatoms. The van der Waals surface area contributed by atoms with Crippen LogP contribution in [0.4, 0.5) is 11.5 Å². The van der Waals surface area contributed by atoms with Crippen LogP contribution in [-0.4, -0.2) is 27.7 Å². The van der Waals surface area contributed by atoms with Gasteiger partial charge in [0.2, 0.25) is 0 Å². The fourth-order valence-electron chi connectivity index (χ4n) is 1.72. The Kier molecular flexibility index (Phi) is 5.98. The first-order valence-electron chi connectivity index (χ1n) is 6.15. The summed E-state index contributed by atoms with van der Waals surface area (Å²) >= 11 is 5.97. The number of aromatic nitrogens is 1. The van der Waals surface area contributed by atoms with Crippen molar-refractivity contribution < 1.29 is 10.0 Å². The van der Waals surface area contributed by atoms with E-state index in [1.807, 2.05) is 13.8 Å². The Hall–Kier alpha value is -1.40. The molecular weight excluding hydrogens is 270 g/mol. The lowest BCUT2D eigenvalue weighted by Gasteiger charge is -2.20. The van der Waals surface area contributed by atoms with E-state index in [2.05, 4.69) is 10.3 Å². The summed E-state index contributed by atoms with van der Waals surface area (Å²) in [5.74, 6) is 0.610. The molecule has 6 nitrogen and oxygen atoms in total. The summed E-state index contributed by atoms with van der Waals surface area (Å²) in [6, 6.07) is 1.40. The number of hydrogen-bond donors (Lipinski definition) is 2. The number of pyridine rings is 1. The average molecular weight is 288 g/mol. The first-order chi connectivity index (χ1) is 8.97. The van der Waals surface area contributed by atoms with Gasteiger partial charge in [-0.15, -0.1) is 0 Å². The van der Waals surface area contributed by atoms with Crippen LogP contribution in [0.3, 0.4) is 0 Å². The van der Waals surface area contributed by atoms with E-state index in [1.165, 1.54) is 12.3 Å². The van der Waals surface area contributed by atoms with E-state index in [1.54, 1.807) is 0 Å². The van der Waals surface area contributed by atoms with Gasteiger partial charge in [-0.05, 0) is 18.8 Å². The Labute approximate surface area is 117 Å². The number of anilines is 1. The molecule has 1 aromatic rings. The van der Waals surface area contributed by atoms with Gasteiger partial charge in [-0.25, -0.2) is 4.98 Å². The quantitative estimate of drug-likeness (QED) is 0.594. The third-order valence-electron chi connectivity index (χ3n) is 2.87. The number of aliphatic hydroxyl groups excluding tert-OH is 1. The van der Waals surface area contributed by atoms with Gasteiger partial charge >= 0.3 is 0 Å². The molecule has 0 fully saturated rings. The lowest BCUT2D eigenvalue weighted by Crippen LogP contribution is -2.23.